The van der Waals surface area contributed by atoms with Crippen LogP contribution in [0.1, 0.15) is 48.5 Å². The van der Waals surface area contributed by atoms with Gasteiger partial charge in [-0.2, -0.15) is 0 Å². The summed E-state index contributed by atoms with van der Waals surface area (Å²) in [6.07, 6.45) is 4.95. The highest BCUT2D eigenvalue weighted by Gasteiger charge is 2.18. The van der Waals surface area contributed by atoms with Gasteiger partial charge in [-0.25, -0.2) is 4.39 Å². The van der Waals surface area contributed by atoms with Crippen LogP contribution in [-0.2, 0) is 24.2 Å². The lowest BCUT2D eigenvalue weighted by Crippen LogP contribution is -2.14. The number of aromatic nitrogens is 4. The Balaban J connectivity index is 1.50. The molecule has 29 heavy (non-hydrogen) atoms. The summed E-state index contributed by atoms with van der Waals surface area (Å²) in [7, 11) is 0. The van der Waals surface area contributed by atoms with Crippen molar-refractivity contribution in [1.82, 2.24) is 19.9 Å². The maximum absolute atomic E-state index is 14.3. The minimum absolute atomic E-state index is 0.150. The monoisotopic (exact) mass is 397 g/mol. The summed E-state index contributed by atoms with van der Waals surface area (Å²) < 4.78 is 21.6. The standard InChI is InChI=1S/C21H24FN5O2/c1-13-16(14(2)29-26-13)8-10-20(28)23-18-12-15(7-9-17(18)22)21-25-24-19-6-4-3-5-11-27(19)21/h7,9,12H,3-6,8,10-11H2,1-2H3,(H,23,28). The van der Waals surface area contributed by atoms with Gasteiger partial charge in [0.25, 0.3) is 0 Å². The molecule has 0 spiro atoms. The zero-order valence-electron chi connectivity index (χ0n) is 16.7. The van der Waals surface area contributed by atoms with Crippen molar-refractivity contribution in [1.29, 1.82) is 0 Å². The number of fused-ring (bicyclic) bond motifs is 1. The molecule has 1 N–H and O–H groups in total. The first-order chi connectivity index (χ1) is 14.0. The first-order valence-corrected chi connectivity index (χ1v) is 9.96. The van der Waals surface area contributed by atoms with Gasteiger partial charge in [0.1, 0.15) is 17.4 Å². The fourth-order valence-corrected chi connectivity index (χ4v) is 3.77. The molecule has 3 aromatic rings. The highest BCUT2D eigenvalue weighted by Crippen LogP contribution is 2.27. The minimum atomic E-state index is -0.477. The van der Waals surface area contributed by atoms with Crippen molar-refractivity contribution in [2.75, 3.05) is 5.32 Å². The third-order valence-corrected chi connectivity index (χ3v) is 5.39. The predicted octanol–water partition coefficient (Wildman–Crippen LogP) is 3.99. The van der Waals surface area contributed by atoms with Gasteiger partial charge in [0, 0.05) is 30.5 Å². The van der Waals surface area contributed by atoms with Gasteiger partial charge < -0.3 is 14.4 Å². The van der Waals surface area contributed by atoms with Gasteiger partial charge >= 0.3 is 0 Å². The normalized spacial score (nSPS) is 13.8. The SMILES string of the molecule is Cc1noc(C)c1CCC(=O)Nc1cc(-c2nnc3n2CCCCC3)ccc1F. The van der Waals surface area contributed by atoms with E-state index in [-0.39, 0.29) is 18.0 Å². The topological polar surface area (TPSA) is 85.8 Å². The van der Waals surface area contributed by atoms with E-state index in [0.29, 0.717) is 18.0 Å². The highest BCUT2D eigenvalue weighted by molar-refractivity contribution is 5.91. The van der Waals surface area contributed by atoms with Gasteiger partial charge in [0.15, 0.2) is 5.82 Å². The number of hydrogen-bond acceptors (Lipinski definition) is 5. The molecule has 0 saturated carbocycles. The number of anilines is 1. The molecule has 0 aliphatic carbocycles. The largest absolute Gasteiger partial charge is 0.361 e. The number of nitrogens with one attached hydrogen (secondary N) is 1. The molecule has 8 heteroatoms. The molecule has 1 amide bonds. The maximum Gasteiger partial charge on any atom is 0.224 e. The van der Waals surface area contributed by atoms with Crippen molar-refractivity contribution in [3.63, 3.8) is 0 Å². The molecule has 0 saturated heterocycles. The Kier molecular flexibility index (Phi) is 5.42. The first kappa shape index (κ1) is 19.3. The third kappa shape index (κ3) is 4.06. The minimum Gasteiger partial charge on any atom is -0.361 e. The van der Waals surface area contributed by atoms with E-state index in [4.69, 9.17) is 4.52 Å². The Hall–Kier alpha value is -3.03. The summed E-state index contributed by atoms with van der Waals surface area (Å²) in [5.74, 6) is 1.65. The lowest BCUT2D eigenvalue weighted by atomic mass is 10.1. The molecular formula is C21H24FN5O2. The van der Waals surface area contributed by atoms with Crippen molar-refractivity contribution in [2.45, 2.75) is 58.9 Å². The van der Waals surface area contributed by atoms with Gasteiger partial charge in [-0.1, -0.05) is 11.6 Å². The Labute approximate surface area is 168 Å². The molecule has 1 aromatic carbocycles. The maximum atomic E-state index is 14.3. The molecule has 0 unspecified atom stereocenters. The smallest absolute Gasteiger partial charge is 0.224 e. The number of halogens is 1. The Morgan fingerprint density at radius 2 is 2.10 bits per heavy atom. The van der Waals surface area contributed by atoms with Crippen molar-refractivity contribution in [3.8, 4) is 11.4 Å². The molecule has 0 atom stereocenters. The number of carbonyl (C=O) groups is 1. The van der Waals surface area contributed by atoms with Gasteiger partial charge in [0.2, 0.25) is 5.91 Å². The van der Waals surface area contributed by atoms with Gasteiger partial charge in [0.05, 0.1) is 11.4 Å². The number of hydrogen-bond donors (Lipinski definition) is 1. The van der Waals surface area contributed by atoms with Crippen LogP contribution >= 0.6 is 0 Å². The van der Waals surface area contributed by atoms with E-state index in [1.807, 2.05) is 13.8 Å². The molecular weight excluding hydrogens is 373 g/mol. The van der Waals surface area contributed by atoms with E-state index in [9.17, 15) is 9.18 Å². The third-order valence-electron chi connectivity index (χ3n) is 5.39. The molecule has 152 valence electrons. The van der Waals surface area contributed by atoms with Crippen LogP contribution in [0.5, 0.6) is 0 Å². The molecule has 2 aromatic heterocycles. The summed E-state index contributed by atoms with van der Waals surface area (Å²) in [6, 6.07) is 4.67. The zero-order chi connectivity index (χ0) is 20.4. The Morgan fingerprint density at radius 1 is 1.24 bits per heavy atom. The fourth-order valence-electron chi connectivity index (χ4n) is 3.77. The summed E-state index contributed by atoms with van der Waals surface area (Å²) in [6.45, 7) is 4.51. The molecule has 0 fully saturated rings. The van der Waals surface area contributed by atoms with Gasteiger partial charge in [-0.05, 0) is 51.3 Å². The van der Waals surface area contributed by atoms with E-state index in [0.717, 1.165) is 48.5 Å². The van der Waals surface area contributed by atoms with Crippen LogP contribution in [0.15, 0.2) is 22.7 Å². The number of amides is 1. The fraction of sp³-hybridized carbons (Fsp3) is 0.429. The van der Waals surface area contributed by atoms with Crippen molar-refractivity contribution >= 4 is 11.6 Å². The number of nitrogens with zero attached hydrogens (tertiary/aromatic N) is 4. The second-order valence-corrected chi connectivity index (χ2v) is 7.45. The molecule has 0 radical (unpaired) electrons. The van der Waals surface area contributed by atoms with Crippen molar-refractivity contribution in [3.05, 3.63) is 46.9 Å². The number of rotatable bonds is 5. The summed E-state index contributed by atoms with van der Waals surface area (Å²) in [4.78, 5) is 12.4. The number of carbonyl (C=O) groups excluding carboxylic acids is 1. The molecule has 7 nitrogen and oxygen atoms in total. The Bertz CT molecular complexity index is 1020. The van der Waals surface area contributed by atoms with Crippen molar-refractivity contribution in [2.24, 2.45) is 0 Å². The quantitative estimate of drug-likeness (QED) is 0.704. The predicted molar refractivity (Wildman–Crippen MR) is 106 cm³/mol. The van der Waals surface area contributed by atoms with E-state index >= 15 is 0 Å². The summed E-state index contributed by atoms with van der Waals surface area (Å²) in [5.41, 5.74) is 2.59. The van der Waals surface area contributed by atoms with Crippen LogP contribution < -0.4 is 5.32 Å². The van der Waals surface area contributed by atoms with Crippen LogP contribution in [0.25, 0.3) is 11.4 Å². The van der Waals surface area contributed by atoms with E-state index < -0.39 is 5.82 Å². The van der Waals surface area contributed by atoms with Crippen LogP contribution in [0.4, 0.5) is 10.1 Å². The zero-order valence-corrected chi connectivity index (χ0v) is 16.7. The average molecular weight is 397 g/mol. The summed E-state index contributed by atoms with van der Waals surface area (Å²) >= 11 is 0. The molecule has 1 aliphatic rings. The first-order valence-electron chi connectivity index (χ1n) is 9.96. The average Bonchev–Trinajstić information content (AvgIpc) is 3.15. The van der Waals surface area contributed by atoms with Crippen molar-refractivity contribution < 1.29 is 13.7 Å². The molecule has 1 aliphatic heterocycles. The number of benzene rings is 1. The van der Waals surface area contributed by atoms with Gasteiger partial charge in [-0.3, -0.25) is 4.79 Å². The van der Waals surface area contributed by atoms with Gasteiger partial charge in [-0.15, -0.1) is 10.2 Å². The Morgan fingerprint density at radius 3 is 2.90 bits per heavy atom. The van der Waals surface area contributed by atoms with Crippen LogP contribution in [0, 0.1) is 19.7 Å². The van der Waals surface area contributed by atoms with E-state index in [1.165, 1.54) is 12.5 Å². The summed E-state index contributed by atoms with van der Waals surface area (Å²) in [5, 5.41) is 15.2. The van der Waals surface area contributed by atoms with E-state index in [2.05, 4.69) is 25.2 Å². The second kappa shape index (κ2) is 8.14. The van der Waals surface area contributed by atoms with Crippen LogP contribution in [0.2, 0.25) is 0 Å². The highest BCUT2D eigenvalue weighted by atomic mass is 19.1. The lowest BCUT2D eigenvalue weighted by Gasteiger charge is -2.10. The van der Waals surface area contributed by atoms with Crippen LogP contribution in [0.3, 0.4) is 0 Å². The lowest BCUT2D eigenvalue weighted by molar-refractivity contribution is -0.116. The molecule has 4 rings (SSSR count). The molecule has 0 bridgehead atoms. The second-order valence-electron chi connectivity index (χ2n) is 7.45. The van der Waals surface area contributed by atoms with Crippen LogP contribution in [-0.4, -0.2) is 25.8 Å². The van der Waals surface area contributed by atoms with E-state index in [1.54, 1.807) is 12.1 Å². The number of aryl methyl sites for hydroxylation is 3. The molecule has 3 heterocycles.